The van der Waals surface area contributed by atoms with Gasteiger partial charge in [0.1, 0.15) is 11.5 Å². The molecular weight excluding hydrogens is 442 g/mol. The van der Waals surface area contributed by atoms with Crippen molar-refractivity contribution in [3.8, 4) is 11.5 Å². The lowest BCUT2D eigenvalue weighted by Gasteiger charge is -2.38. The smallest absolute Gasteiger partial charge is 0.320 e. The zero-order valence-electron chi connectivity index (χ0n) is 19.7. The number of sulfonamides is 1. The minimum Gasteiger partial charge on any atom is -0.497 e. The highest BCUT2D eigenvalue weighted by molar-refractivity contribution is 7.89. The summed E-state index contributed by atoms with van der Waals surface area (Å²) in [7, 11) is 1.28. The molecule has 0 aliphatic carbocycles. The Balaban J connectivity index is 1.79. The van der Waals surface area contributed by atoms with Crippen LogP contribution in [0.5, 0.6) is 11.5 Å². The quantitative estimate of drug-likeness (QED) is 0.527. The van der Waals surface area contributed by atoms with Gasteiger partial charge in [0.15, 0.2) is 0 Å². The Bertz CT molecular complexity index is 976. The van der Waals surface area contributed by atoms with Gasteiger partial charge in [0.25, 0.3) is 0 Å². The normalized spacial score (nSPS) is 16.9. The van der Waals surface area contributed by atoms with Crippen LogP contribution < -0.4 is 9.47 Å². The molecule has 1 atom stereocenters. The van der Waals surface area contributed by atoms with Crippen LogP contribution in [0, 0.1) is 0 Å². The van der Waals surface area contributed by atoms with Crippen LogP contribution in [0.1, 0.15) is 24.5 Å². The molecule has 0 unspecified atom stereocenters. The Kier molecular flexibility index (Phi) is 8.20. The van der Waals surface area contributed by atoms with E-state index in [2.05, 4.69) is 0 Å². The number of hydrogen-bond acceptors (Lipinski definition) is 5. The number of nitrogens with zero attached hydrogens (tertiary/aromatic N) is 3. The third-order valence-corrected chi connectivity index (χ3v) is 7.75. The van der Waals surface area contributed by atoms with Gasteiger partial charge in [-0.05, 0) is 48.7 Å². The third-order valence-electron chi connectivity index (χ3n) is 6.01. The molecular formula is C24H33N3O5S. The molecule has 9 heteroatoms. The van der Waals surface area contributed by atoms with E-state index in [9.17, 15) is 13.2 Å². The number of carbonyl (C=O) groups is 1. The molecule has 0 N–H and O–H groups in total. The van der Waals surface area contributed by atoms with Crippen LogP contribution in [0.2, 0.25) is 0 Å². The van der Waals surface area contributed by atoms with Crippen LogP contribution >= 0.6 is 0 Å². The Morgan fingerprint density at radius 2 is 1.42 bits per heavy atom. The predicted octanol–water partition coefficient (Wildman–Crippen LogP) is 3.18. The van der Waals surface area contributed by atoms with Crippen LogP contribution in [0.25, 0.3) is 0 Å². The molecule has 180 valence electrons. The van der Waals surface area contributed by atoms with Crippen LogP contribution in [0.4, 0.5) is 4.79 Å². The summed E-state index contributed by atoms with van der Waals surface area (Å²) >= 11 is 0. The van der Waals surface area contributed by atoms with Crippen molar-refractivity contribution < 1.29 is 22.7 Å². The molecule has 0 radical (unpaired) electrons. The molecule has 33 heavy (non-hydrogen) atoms. The largest absolute Gasteiger partial charge is 0.497 e. The first-order valence-electron chi connectivity index (χ1n) is 11.0. The minimum atomic E-state index is -3.66. The number of amides is 2. The molecule has 1 fully saturated rings. The summed E-state index contributed by atoms with van der Waals surface area (Å²) in [5.74, 6) is 1.29. The average Bonchev–Trinajstić information content (AvgIpc) is 2.82. The van der Waals surface area contributed by atoms with Crippen molar-refractivity contribution in [2.24, 2.45) is 0 Å². The van der Waals surface area contributed by atoms with E-state index < -0.39 is 10.0 Å². The molecule has 0 bridgehead atoms. The minimum absolute atomic E-state index is 0.0144. The Morgan fingerprint density at radius 1 is 0.939 bits per heavy atom. The highest BCUT2D eigenvalue weighted by Crippen LogP contribution is 2.21. The number of ether oxygens (including phenoxy) is 2. The van der Waals surface area contributed by atoms with Crippen LogP contribution in [0.3, 0.4) is 0 Å². The Labute approximate surface area is 196 Å². The SMILES string of the molecule is COc1ccc(CN(Cc2ccc(OC)cc2)S(=O)(=O)CCN2C(=O)N(C)CC[C@H]2C)cc1. The number of carbonyl (C=O) groups excluding carboxylic acids is 1. The second kappa shape index (κ2) is 10.9. The average molecular weight is 476 g/mol. The van der Waals surface area contributed by atoms with Gasteiger partial charge in [-0.2, -0.15) is 4.31 Å². The molecule has 1 aliphatic heterocycles. The van der Waals surface area contributed by atoms with E-state index in [-0.39, 0.29) is 37.5 Å². The molecule has 8 nitrogen and oxygen atoms in total. The fourth-order valence-electron chi connectivity index (χ4n) is 3.82. The molecule has 0 spiro atoms. The molecule has 2 aromatic rings. The summed E-state index contributed by atoms with van der Waals surface area (Å²) in [5.41, 5.74) is 1.71. The van der Waals surface area contributed by atoms with E-state index in [1.807, 2.05) is 55.5 Å². The summed E-state index contributed by atoms with van der Waals surface area (Å²) in [5, 5.41) is 0. The molecule has 3 rings (SSSR count). The Hall–Kier alpha value is -2.78. The fourth-order valence-corrected chi connectivity index (χ4v) is 5.20. The maximum atomic E-state index is 13.4. The molecule has 2 amide bonds. The summed E-state index contributed by atoms with van der Waals surface area (Å²) in [6, 6.07) is 14.6. The molecule has 1 heterocycles. The zero-order chi connectivity index (χ0) is 24.0. The summed E-state index contributed by atoms with van der Waals surface area (Å²) < 4.78 is 38.8. The lowest BCUT2D eigenvalue weighted by Crippen LogP contribution is -2.53. The first-order chi connectivity index (χ1) is 15.7. The molecule has 2 aromatic carbocycles. The van der Waals surface area contributed by atoms with Gasteiger partial charge in [0.05, 0.1) is 20.0 Å². The molecule has 1 saturated heterocycles. The molecule has 1 aliphatic rings. The van der Waals surface area contributed by atoms with Crippen molar-refractivity contribution in [3.63, 3.8) is 0 Å². The van der Waals surface area contributed by atoms with Crippen molar-refractivity contribution in [3.05, 3.63) is 59.7 Å². The van der Waals surface area contributed by atoms with Gasteiger partial charge in [-0.1, -0.05) is 24.3 Å². The van der Waals surface area contributed by atoms with Gasteiger partial charge in [0.2, 0.25) is 10.0 Å². The number of hydrogen-bond donors (Lipinski definition) is 0. The highest BCUT2D eigenvalue weighted by Gasteiger charge is 2.31. The maximum absolute atomic E-state index is 13.4. The fraction of sp³-hybridized carbons (Fsp3) is 0.458. The van der Waals surface area contributed by atoms with Crippen molar-refractivity contribution in [1.82, 2.24) is 14.1 Å². The molecule has 0 saturated carbocycles. The third kappa shape index (κ3) is 6.39. The number of urea groups is 1. The number of rotatable bonds is 10. The Morgan fingerprint density at radius 3 is 1.88 bits per heavy atom. The summed E-state index contributed by atoms with van der Waals surface area (Å²) in [6.45, 7) is 3.26. The van der Waals surface area contributed by atoms with Crippen LogP contribution in [-0.2, 0) is 23.1 Å². The maximum Gasteiger partial charge on any atom is 0.320 e. The molecule has 0 aromatic heterocycles. The van der Waals surface area contributed by atoms with E-state index >= 15 is 0 Å². The monoisotopic (exact) mass is 475 g/mol. The second-order valence-electron chi connectivity index (χ2n) is 8.32. The topological polar surface area (TPSA) is 79.4 Å². The summed E-state index contributed by atoms with van der Waals surface area (Å²) in [6.07, 6.45) is 0.823. The van der Waals surface area contributed by atoms with E-state index in [1.165, 1.54) is 4.31 Å². The van der Waals surface area contributed by atoms with Gasteiger partial charge < -0.3 is 19.3 Å². The van der Waals surface area contributed by atoms with Gasteiger partial charge in [0, 0.05) is 39.3 Å². The van der Waals surface area contributed by atoms with E-state index in [0.717, 1.165) is 17.5 Å². The van der Waals surface area contributed by atoms with Crippen molar-refractivity contribution in [2.45, 2.75) is 32.5 Å². The summed E-state index contributed by atoms with van der Waals surface area (Å²) in [4.78, 5) is 15.8. The first kappa shape index (κ1) is 24.9. The zero-order valence-corrected chi connectivity index (χ0v) is 20.5. The van der Waals surface area contributed by atoms with Gasteiger partial charge in [-0.15, -0.1) is 0 Å². The lowest BCUT2D eigenvalue weighted by atomic mass is 10.1. The highest BCUT2D eigenvalue weighted by atomic mass is 32.2. The van der Waals surface area contributed by atoms with Gasteiger partial charge in [-0.3, -0.25) is 0 Å². The second-order valence-corrected chi connectivity index (χ2v) is 10.4. The van der Waals surface area contributed by atoms with Gasteiger partial charge in [-0.25, -0.2) is 13.2 Å². The van der Waals surface area contributed by atoms with Crippen LogP contribution in [-0.4, -0.2) is 74.7 Å². The van der Waals surface area contributed by atoms with Crippen molar-refractivity contribution in [2.75, 3.05) is 40.1 Å². The number of methoxy groups -OCH3 is 2. The van der Waals surface area contributed by atoms with E-state index in [1.54, 1.807) is 31.1 Å². The van der Waals surface area contributed by atoms with E-state index in [0.29, 0.717) is 18.0 Å². The predicted molar refractivity (Wildman–Crippen MR) is 128 cm³/mol. The van der Waals surface area contributed by atoms with Gasteiger partial charge >= 0.3 is 6.03 Å². The first-order valence-corrected chi connectivity index (χ1v) is 12.6. The standard InChI is InChI=1S/C24H33N3O5S/c1-19-13-14-25(2)24(28)27(19)15-16-33(29,30)26(17-20-5-9-22(31-3)10-6-20)18-21-7-11-23(32-4)12-8-21/h5-12,19H,13-18H2,1-4H3/t19-/m1/s1. The lowest BCUT2D eigenvalue weighted by molar-refractivity contribution is 0.118. The van der Waals surface area contributed by atoms with E-state index in [4.69, 9.17) is 9.47 Å². The number of benzene rings is 2. The van der Waals surface area contributed by atoms with Crippen LogP contribution in [0.15, 0.2) is 48.5 Å². The van der Waals surface area contributed by atoms with Crippen molar-refractivity contribution >= 4 is 16.1 Å². The van der Waals surface area contributed by atoms with Crippen molar-refractivity contribution in [1.29, 1.82) is 0 Å².